The lowest BCUT2D eigenvalue weighted by molar-refractivity contribution is -0.133. The number of carbonyl (C=O) groups is 3. The van der Waals surface area contributed by atoms with Gasteiger partial charge in [-0.25, -0.2) is 28.1 Å². The largest absolute Gasteiger partial charge is 0.478 e. The van der Waals surface area contributed by atoms with Crippen LogP contribution in [0.3, 0.4) is 0 Å². The van der Waals surface area contributed by atoms with Crippen LogP contribution < -0.4 is 10.6 Å². The highest BCUT2D eigenvalue weighted by molar-refractivity contribution is 6.01. The number of carboxylic acid groups (broad SMARTS) is 1. The number of amides is 4. The van der Waals surface area contributed by atoms with E-state index in [9.17, 15) is 33.4 Å². The van der Waals surface area contributed by atoms with Crippen LogP contribution in [-0.2, 0) is 10.4 Å². The van der Waals surface area contributed by atoms with Gasteiger partial charge in [0.05, 0.1) is 11.3 Å². The van der Waals surface area contributed by atoms with E-state index in [1.165, 1.54) is 6.92 Å². The first-order chi connectivity index (χ1) is 19.1. The summed E-state index contributed by atoms with van der Waals surface area (Å²) in [6, 6.07) is 5.01. The summed E-state index contributed by atoms with van der Waals surface area (Å²) in [7, 11) is 0. The highest BCUT2D eigenvalue weighted by atomic mass is 19.2. The smallest absolute Gasteiger partial charge is 0.335 e. The maximum Gasteiger partial charge on any atom is 0.335 e. The van der Waals surface area contributed by atoms with Gasteiger partial charge >= 0.3 is 18.0 Å². The van der Waals surface area contributed by atoms with E-state index >= 15 is 0 Å². The molecule has 4 N–H and O–H groups in total. The van der Waals surface area contributed by atoms with E-state index in [-0.39, 0.29) is 28.9 Å². The number of allylic oxidation sites excluding steroid dienone is 1. The van der Waals surface area contributed by atoms with Gasteiger partial charge < -0.3 is 20.8 Å². The number of pyridine rings is 1. The molecule has 4 amide bonds. The standard InChI is InChI=1S/C28H31F2N5O5/c1-16-23(25(36)37)24(17-5-6-20(29)21(30)14-17)35(26(38)32-16)27(39)33-18-9-13-34(15-18)19-7-10-28(40,11-8-19)22-4-2-3-12-31-22/h2-6,12,14,18-19,24,40H,7-11,13,15H2,1H3,(H,32,38)(H,33,39)(H,36,37)/t18-,19?,24+,28?/m1/s1. The molecule has 1 aromatic heterocycles. The van der Waals surface area contributed by atoms with Crippen LogP contribution >= 0.6 is 0 Å². The van der Waals surface area contributed by atoms with Crippen LogP contribution in [0, 0.1) is 11.6 Å². The van der Waals surface area contributed by atoms with E-state index in [2.05, 4.69) is 20.5 Å². The lowest BCUT2D eigenvalue weighted by atomic mass is 9.79. The van der Waals surface area contributed by atoms with E-state index in [4.69, 9.17) is 0 Å². The van der Waals surface area contributed by atoms with Crippen LogP contribution in [-0.4, -0.2) is 68.2 Å². The van der Waals surface area contributed by atoms with Gasteiger partial charge in [-0.05, 0) is 68.9 Å². The number of likely N-dealkylation sites (tertiary alicyclic amines) is 1. The first kappa shape index (κ1) is 27.7. The second-order valence-electron chi connectivity index (χ2n) is 10.6. The Morgan fingerprint density at radius 3 is 2.52 bits per heavy atom. The molecular formula is C28H31F2N5O5. The fourth-order valence-corrected chi connectivity index (χ4v) is 6.04. The molecule has 212 valence electrons. The summed E-state index contributed by atoms with van der Waals surface area (Å²) < 4.78 is 27.7. The van der Waals surface area contributed by atoms with Crippen LogP contribution in [0.5, 0.6) is 0 Å². The zero-order chi connectivity index (χ0) is 28.6. The number of nitrogens with one attached hydrogen (secondary N) is 2. The third kappa shape index (κ3) is 5.28. The Morgan fingerprint density at radius 2 is 1.88 bits per heavy atom. The molecule has 3 heterocycles. The Hall–Kier alpha value is -3.90. The van der Waals surface area contributed by atoms with Gasteiger partial charge in [0, 0.05) is 37.1 Å². The van der Waals surface area contributed by atoms with Gasteiger partial charge in [0.15, 0.2) is 11.6 Å². The minimum atomic E-state index is -1.46. The molecule has 0 unspecified atom stereocenters. The second kappa shape index (κ2) is 10.9. The summed E-state index contributed by atoms with van der Waals surface area (Å²) >= 11 is 0. The molecule has 2 aliphatic heterocycles. The van der Waals surface area contributed by atoms with Gasteiger partial charge in [-0.15, -0.1) is 0 Å². The SMILES string of the molecule is CC1=C(C(=O)O)[C@H](c2ccc(F)c(F)c2)N(C(=O)N[C@@H]2CCN(C3CCC(O)(c4ccccn4)CC3)C2)C(=O)N1. The molecule has 1 saturated carbocycles. The van der Waals surface area contributed by atoms with Crippen molar-refractivity contribution in [3.63, 3.8) is 0 Å². The topological polar surface area (TPSA) is 135 Å². The molecule has 0 radical (unpaired) electrons. The zero-order valence-corrected chi connectivity index (χ0v) is 21.9. The molecule has 10 nitrogen and oxygen atoms in total. The number of nitrogens with zero attached hydrogens (tertiary/aromatic N) is 3. The van der Waals surface area contributed by atoms with Crippen molar-refractivity contribution in [3.8, 4) is 0 Å². The predicted octanol–water partition coefficient (Wildman–Crippen LogP) is 3.40. The Morgan fingerprint density at radius 1 is 1.12 bits per heavy atom. The Bertz CT molecular complexity index is 1350. The van der Waals surface area contributed by atoms with Crippen molar-refractivity contribution in [1.29, 1.82) is 0 Å². The van der Waals surface area contributed by atoms with Gasteiger partial charge in [-0.1, -0.05) is 12.1 Å². The molecule has 3 aliphatic rings. The number of carboxylic acids is 1. The first-order valence-electron chi connectivity index (χ1n) is 13.2. The molecule has 5 rings (SSSR count). The van der Waals surface area contributed by atoms with Gasteiger partial charge in [-0.3, -0.25) is 9.88 Å². The number of halogens is 2. The highest BCUT2D eigenvalue weighted by Crippen LogP contribution is 2.39. The van der Waals surface area contributed by atoms with E-state index in [1.54, 1.807) is 6.20 Å². The van der Waals surface area contributed by atoms with E-state index in [0.717, 1.165) is 31.0 Å². The summed E-state index contributed by atoms with van der Waals surface area (Å²) in [4.78, 5) is 45.7. The van der Waals surface area contributed by atoms with Crippen molar-refractivity contribution in [2.24, 2.45) is 0 Å². The minimum Gasteiger partial charge on any atom is -0.478 e. The number of benzene rings is 1. The quantitative estimate of drug-likeness (QED) is 0.444. The van der Waals surface area contributed by atoms with E-state index < -0.39 is 41.3 Å². The lowest BCUT2D eigenvalue weighted by Gasteiger charge is -2.39. The number of aliphatic carboxylic acids is 1. The molecule has 0 bridgehead atoms. The number of aliphatic hydroxyl groups is 1. The fourth-order valence-electron chi connectivity index (χ4n) is 6.04. The highest BCUT2D eigenvalue weighted by Gasteiger charge is 2.43. The van der Waals surface area contributed by atoms with Crippen molar-refractivity contribution in [2.45, 2.75) is 62.8 Å². The van der Waals surface area contributed by atoms with Crippen LogP contribution in [0.1, 0.15) is 56.3 Å². The van der Waals surface area contributed by atoms with E-state index in [1.807, 2.05) is 18.2 Å². The van der Waals surface area contributed by atoms with Crippen molar-refractivity contribution in [2.75, 3.05) is 13.1 Å². The molecule has 12 heteroatoms. The number of carbonyl (C=O) groups excluding carboxylic acids is 2. The minimum absolute atomic E-state index is 0.00582. The second-order valence-corrected chi connectivity index (χ2v) is 10.6. The molecule has 0 spiro atoms. The maximum absolute atomic E-state index is 14.1. The molecule has 2 atom stereocenters. The third-order valence-electron chi connectivity index (χ3n) is 8.15. The van der Waals surface area contributed by atoms with Crippen LogP contribution in [0.4, 0.5) is 18.4 Å². The molecule has 2 fully saturated rings. The number of aromatic nitrogens is 1. The average Bonchev–Trinajstić information content (AvgIpc) is 3.38. The molecule has 40 heavy (non-hydrogen) atoms. The van der Waals surface area contributed by atoms with Crippen LogP contribution in [0.25, 0.3) is 0 Å². The Kier molecular flexibility index (Phi) is 7.56. The van der Waals surface area contributed by atoms with Crippen molar-refractivity contribution < 1.29 is 33.4 Å². The number of imide groups is 1. The summed E-state index contributed by atoms with van der Waals surface area (Å²) in [6.07, 6.45) is 4.92. The fraction of sp³-hybridized carbons (Fsp3) is 0.429. The normalized spacial score (nSPS) is 27.4. The number of hydrogen-bond donors (Lipinski definition) is 4. The molecule has 1 aromatic carbocycles. The Balaban J connectivity index is 1.27. The molecule has 1 aliphatic carbocycles. The Labute approximate surface area is 229 Å². The van der Waals surface area contributed by atoms with Crippen molar-refractivity contribution >= 4 is 18.0 Å². The molecular weight excluding hydrogens is 524 g/mol. The number of rotatable bonds is 5. The zero-order valence-electron chi connectivity index (χ0n) is 21.9. The van der Waals surface area contributed by atoms with Gasteiger partial charge in [0.1, 0.15) is 11.6 Å². The summed E-state index contributed by atoms with van der Waals surface area (Å²) in [6.45, 7) is 2.59. The van der Waals surface area contributed by atoms with Crippen molar-refractivity contribution in [3.05, 3.63) is 76.8 Å². The van der Waals surface area contributed by atoms with Gasteiger partial charge in [0.25, 0.3) is 0 Å². The van der Waals surface area contributed by atoms with Gasteiger partial charge in [0.2, 0.25) is 0 Å². The third-order valence-corrected chi connectivity index (χ3v) is 8.15. The average molecular weight is 556 g/mol. The first-order valence-corrected chi connectivity index (χ1v) is 13.2. The predicted molar refractivity (Wildman–Crippen MR) is 139 cm³/mol. The maximum atomic E-state index is 14.1. The molecule has 2 aromatic rings. The van der Waals surface area contributed by atoms with Crippen molar-refractivity contribution in [1.82, 2.24) is 25.4 Å². The van der Waals surface area contributed by atoms with Crippen LogP contribution in [0.15, 0.2) is 53.9 Å². The molecule has 1 saturated heterocycles. The summed E-state index contributed by atoms with van der Waals surface area (Å²) in [5, 5.41) is 26.2. The number of urea groups is 2. The number of hydrogen-bond acceptors (Lipinski definition) is 6. The summed E-state index contributed by atoms with van der Waals surface area (Å²) in [5.41, 5.74) is -0.658. The monoisotopic (exact) mass is 555 g/mol. The van der Waals surface area contributed by atoms with Gasteiger partial charge in [-0.2, -0.15) is 0 Å². The summed E-state index contributed by atoms with van der Waals surface area (Å²) in [5.74, 6) is -3.76. The van der Waals surface area contributed by atoms with Crippen LogP contribution in [0.2, 0.25) is 0 Å². The lowest BCUT2D eigenvalue weighted by Crippen LogP contribution is -2.56. The van der Waals surface area contributed by atoms with E-state index in [0.29, 0.717) is 42.9 Å².